The van der Waals surface area contributed by atoms with Crippen LogP contribution in [0.25, 0.3) is 0 Å². The molecule has 5 heteroatoms. The van der Waals surface area contributed by atoms with Crippen LogP contribution in [0.5, 0.6) is 0 Å². The Morgan fingerprint density at radius 3 is 2.42 bits per heavy atom. The molecule has 106 valence electrons. The Hall–Kier alpha value is -1.65. The van der Waals surface area contributed by atoms with Gasteiger partial charge in [-0.1, -0.05) is 34.6 Å². The number of carboxylic acid groups (broad SMARTS) is 1. The molecule has 0 saturated carbocycles. The number of hydrogen-bond acceptors (Lipinski definition) is 3. The summed E-state index contributed by atoms with van der Waals surface area (Å²) in [5.41, 5.74) is 0.515. The average molecular weight is 266 g/mol. The zero-order valence-electron chi connectivity index (χ0n) is 12.2. The summed E-state index contributed by atoms with van der Waals surface area (Å²) in [4.78, 5) is 23.0. The molecule has 1 N–H and O–H groups in total. The molecule has 1 rings (SSSR count). The van der Waals surface area contributed by atoms with Gasteiger partial charge < -0.3 is 5.11 Å². The van der Waals surface area contributed by atoms with Gasteiger partial charge in [-0.25, -0.2) is 4.68 Å². The first-order valence-corrected chi connectivity index (χ1v) is 6.44. The highest BCUT2D eigenvalue weighted by Gasteiger charge is 2.20. The van der Waals surface area contributed by atoms with Gasteiger partial charge in [0.05, 0.1) is 12.1 Å². The SMILES string of the molecule is CC(C)Cn1nc(C(C)(C)C)cc(CC(=O)O)c1=O. The van der Waals surface area contributed by atoms with Crippen molar-refractivity contribution in [2.45, 2.75) is 53.0 Å². The van der Waals surface area contributed by atoms with Crippen molar-refractivity contribution in [3.8, 4) is 0 Å². The van der Waals surface area contributed by atoms with Crippen LogP contribution in [0.2, 0.25) is 0 Å². The number of carboxylic acids is 1. The summed E-state index contributed by atoms with van der Waals surface area (Å²) >= 11 is 0. The predicted octanol–water partition coefficient (Wildman–Crippen LogP) is 1.82. The first kappa shape index (κ1) is 15.4. The maximum atomic E-state index is 12.2. The number of hydrogen-bond donors (Lipinski definition) is 1. The van der Waals surface area contributed by atoms with Crippen molar-refractivity contribution < 1.29 is 9.90 Å². The summed E-state index contributed by atoms with van der Waals surface area (Å²) in [7, 11) is 0. The van der Waals surface area contributed by atoms with Gasteiger partial charge in [-0.05, 0) is 12.0 Å². The maximum absolute atomic E-state index is 12.2. The topological polar surface area (TPSA) is 72.2 Å². The number of aliphatic carboxylic acids is 1. The fourth-order valence-corrected chi connectivity index (χ4v) is 1.72. The average Bonchev–Trinajstić information content (AvgIpc) is 2.20. The van der Waals surface area contributed by atoms with E-state index in [-0.39, 0.29) is 23.3 Å². The molecule has 19 heavy (non-hydrogen) atoms. The zero-order chi connectivity index (χ0) is 14.8. The Morgan fingerprint density at radius 2 is 2.00 bits per heavy atom. The van der Waals surface area contributed by atoms with Gasteiger partial charge in [-0.2, -0.15) is 5.10 Å². The highest BCUT2D eigenvalue weighted by atomic mass is 16.4. The molecular weight excluding hydrogens is 244 g/mol. The Labute approximate surface area is 113 Å². The maximum Gasteiger partial charge on any atom is 0.308 e. The largest absolute Gasteiger partial charge is 0.481 e. The third kappa shape index (κ3) is 4.19. The molecule has 1 aromatic heterocycles. The van der Waals surface area contributed by atoms with E-state index in [2.05, 4.69) is 5.10 Å². The van der Waals surface area contributed by atoms with E-state index >= 15 is 0 Å². The molecule has 0 fully saturated rings. The van der Waals surface area contributed by atoms with E-state index in [9.17, 15) is 9.59 Å². The molecule has 0 aliphatic carbocycles. The molecule has 0 bridgehead atoms. The molecule has 0 radical (unpaired) electrons. The fourth-order valence-electron chi connectivity index (χ4n) is 1.72. The Kier molecular flexibility index (Phi) is 4.50. The minimum atomic E-state index is -1.00. The van der Waals surface area contributed by atoms with Crippen molar-refractivity contribution in [1.29, 1.82) is 0 Å². The van der Waals surface area contributed by atoms with Gasteiger partial charge in [0.25, 0.3) is 5.56 Å². The van der Waals surface area contributed by atoms with E-state index in [0.29, 0.717) is 12.1 Å². The first-order chi connectivity index (χ1) is 8.61. The molecular formula is C14H22N2O3. The summed E-state index contributed by atoms with van der Waals surface area (Å²) in [5.74, 6) is -0.725. The number of nitrogens with zero attached hydrogens (tertiary/aromatic N) is 2. The molecule has 0 aromatic carbocycles. The number of rotatable bonds is 4. The molecule has 0 saturated heterocycles. The van der Waals surface area contributed by atoms with Crippen LogP contribution < -0.4 is 5.56 Å². The molecule has 1 aromatic rings. The lowest BCUT2D eigenvalue weighted by atomic mass is 9.91. The van der Waals surface area contributed by atoms with Crippen LogP contribution in [0.1, 0.15) is 45.9 Å². The Morgan fingerprint density at radius 1 is 1.42 bits per heavy atom. The van der Waals surface area contributed by atoms with Crippen molar-refractivity contribution in [2.75, 3.05) is 0 Å². The third-order valence-corrected chi connectivity index (χ3v) is 2.70. The van der Waals surface area contributed by atoms with Crippen LogP contribution in [-0.4, -0.2) is 20.9 Å². The predicted molar refractivity (Wildman–Crippen MR) is 73.4 cm³/mol. The summed E-state index contributed by atoms with van der Waals surface area (Å²) in [5, 5.41) is 13.3. The van der Waals surface area contributed by atoms with E-state index in [0.717, 1.165) is 5.69 Å². The molecule has 5 nitrogen and oxygen atoms in total. The first-order valence-electron chi connectivity index (χ1n) is 6.44. The fraction of sp³-hybridized carbons (Fsp3) is 0.643. The Bertz CT molecular complexity index is 524. The van der Waals surface area contributed by atoms with Gasteiger partial charge in [0.2, 0.25) is 0 Å². The van der Waals surface area contributed by atoms with Crippen LogP contribution in [0, 0.1) is 5.92 Å². The van der Waals surface area contributed by atoms with Crippen LogP contribution in [-0.2, 0) is 23.2 Å². The van der Waals surface area contributed by atoms with Crippen LogP contribution >= 0.6 is 0 Å². The molecule has 0 spiro atoms. The van der Waals surface area contributed by atoms with Crippen LogP contribution in [0.3, 0.4) is 0 Å². The van der Waals surface area contributed by atoms with Crippen molar-refractivity contribution in [3.05, 3.63) is 27.7 Å². The highest BCUT2D eigenvalue weighted by molar-refractivity contribution is 5.70. The van der Waals surface area contributed by atoms with E-state index in [4.69, 9.17) is 5.11 Å². The van der Waals surface area contributed by atoms with Gasteiger partial charge >= 0.3 is 5.97 Å². The lowest BCUT2D eigenvalue weighted by Gasteiger charge is -2.20. The lowest BCUT2D eigenvalue weighted by molar-refractivity contribution is -0.136. The molecule has 0 atom stereocenters. The monoisotopic (exact) mass is 266 g/mol. The van der Waals surface area contributed by atoms with Gasteiger partial charge in [0, 0.05) is 17.5 Å². The second-order valence-electron chi connectivity index (χ2n) is 6.26. The van der Waals surface area contributed by atoms with Crippen LogP contribution in [0.15, 0.2) is 10.9 Å². The molecule has 0 aliphatic rings. The second-order valence-corrected chi connectivity index (χ2v) is 6.26. The third-order valence-electron chi connectivity index (χ3n) is 2.70. The summed E-state index contributed by atoms with van der Waals surface area (Å²) < 4.78 is 1.39. The molecule has 0 amide bonds. The summed E-state index contributed by atoms with van der Waals surface area (Å²) in [6, 6.07) is 1.62. The van der Waals surface area contributed by atoms with Gasteiger partial charge in [0.15, 0.2) is 0 Å². The van der Waals surface area contributed by atoms with Crippen LogP contribution in [0.4, 0.5) is 0 Å². The Balaban J connectivity index is 3.38. The summed E-state index contributed by atoms with van der Waals surface area (Å²) in [6.07, 6.45) is -0.261. The highest BCUT2D eigenvalue weighted by Crippen LogP contribution is 2.19. The minimum absolute atomic E-state index is 0.223. The van der Waals surface area contributed by atoms with E-state index in [1.165, 1.54) is 4.68 Å². The quantitative estimate of drug-likeness (QED) is 0.902. The van der Waals surface area contributed by atoms with Gasteiger partial charge in [0.1, 0.15) is 0 Å². The molecule has 0 aliphatic heterocycles. The smallest absolute Gasteiger partial charge is 0.308 e. The van der Waals surface area contributed by atoms with Crippen molar-refractivity contribution in [1.82, 2.24) is 9.78 Å². The normalized spacial score (nSPS) is 11.9. The van der Waals surface area contributed by atoms with E-state index in [1.54, 1.807) is 6.07 Å². The molecule has 1 heterocycles. The van der Waals surface area contributed by atoms with Gasteiger partial charge in [-0.15, -0.1) is 0 Å². The second kappa shape index (κ2) is 5.55. The zero-order valence-corrected chi connectivity index (χ0v) is 12.2. The standard InChI is InChI=1S/C14H22N2O3/c1-9(2)8-16-13(19)10(7-12(17)18)6-11(15-16)14(3,4)5/h6,9H,7-8H2,1-5H3,(H,17,18). The molecule has 0 unspecified atom stereocenters. The van der Waals surface area contributed by atoms with Crippen molar-refractivity contribution >= 4 is 5.97 Å². The van der Waals surface area contributed by atoms with Crippen molar-refractivity contribution in [2.24, 2.45) is 5.92 Å². The van der Waals surface area contributed by atoms with Gasteiger partial charge in [-0.3, -0.25) is 9.59 Å². The van der Waals surface area contributed by atoms with E-state index in [1.807, 2.05) is 34.6 Å². The number of carbonyl (C=O) groups is 1. The number of aromatic nitrogens is 2. The van der Waals surface area contributed by atoms with Crippen molar-refractivity contribution in [3.63, 3.8) is 0 Å². The minimum Gasteiger partial charge on any atom is -0.481 e. The summed E-state index contributed by atoms with van der Waals surface area (Å²) in [6.45, 7) is 10.5. The van der Waals surface area contributed by atoms with E-state index < -0.39 is 5.97 Å². The lowest BCUT2D eigenvalue weighted by Crippen LogP contribution is -2.32.